The number of halogens is 2. The van der Waals surface area contributed by atoms with Gasteiger partial charge in [0.05, 0.1) is 22.2 Å². The summed E-state index contributed by atoms with van der Waals surface area (Å²) in [6, 6.07) is 9.23. The highest BCUT2D eigenvalue weighted by Gasteiger charge is 2.13. The van der Waals surface area contributed by atoms with Crippen LogP contribution in [0.25, 0.3) is 11.6 Å². The molecular weight excluding hydrogens is 339 g/mol. The molecule has 23 heavy (non-hydrogen) atoms. The second-order valence-corrected chi connectivity index (χ2v) is 5.47. The standard InChI is InChI=1S/C17H14Cl2O4/c1-2-23-16-8-10(3-6-15(16)20)7-12(17(21)22)11-4-5-13(18)14(19)9-11/h3-9,20H,2H2,1H3,(H,21,22). The van der Waals surface area contributed by atoms with Crippen LogP contribution in [0, 0.1) is 0 Å². The van der Waals surface area contributed by atoms with E-state index in [1.807, 2.05) is 0 Å². The highest BCUT2D eigenvalue weighted by Crippen LogP contribution is 2.30. The molecule has 0 aromatic heterocycles. The number of carbonyl (C=O) groups is 1. The minimum absolute atomic E-state index is 0.00425. The van der Waals surface area contributed by atoms with Crippen molar-refractivity contribution in [2.45, 2.75) is 6.92 Å². The molecule has 0 aliphatic carbocycles. The Kier molecular flexibility index (Phi) is 5.53. The topological polar surface area (TPSA) is 66.8 Å². The van der Waals surface area contributed by atoms with Gasteiger partial charge in [-0.2, -0.15) is 0 Å². The molecule has 0 unspecified atom stereocenters. The van der Waals surface area contributed by atoms with Crippen LogP contribution in [0.2, 0.25) is 10.0 Å². The summed E-state index contributed by atoms with van der Waals surface area (Å²) in [6.45, 7) is 2.18. The van der Waals surface area contributed by atoms with Gasteiger partial charge >= 0.3 is 5.97 Å². The molecule has 0 fully saturated rings. The van der Waals surface area contributed by atoms with Crippen molar-refractivity contribution in [3.8, 4) is 11.5 Å². The summed E-state index contributed by atoms with van der Waals surface area (Å²) in [5, 5.41) is 19.8. The summed E-state index contributed by atoms with van der Waals surface area (Å²) < 4.78 is 5.29. The van der Waals surface area contributed by atoms with Gasteiger partial charge < -0.3 is 14.9 Å². The number of phenolic OH excluding ortho intramolecular Hbond substituents is 1. The number of ether oxygens (including phenoxy) is 1. The zero-order valence-corrected chi connectivity index (χ0v) is 13.7. The first-order valence-electron chi connectivity index (χ1n) is 6.78. The molecular formula is C17H14Cl2O4. The third-order valence-electron chi connectivity index (χ3n) is 3.06. The van der Waals surface area contributed by atoms with Crippen LogP contribution >= 0.6 is 23.2 Å². The van der Waals surface area contributed by atoms with E-state index in [4.69, 9.17) is 27.9 Å². The zero-order valence-electron chi connectivity index (χ0n) is 12.2. The zero-order chi connectivity index (χ0) is 17.0. The van der Waals surface area contributed by atoms with E-state index in [1.54, 1.807) is 31.2 Å². The molecule has 0 heterocycles. The number of carboxylic acids is 1. The predicted molar refractivity (Wildman–Crippen MR) is 91.2 cm³/mol. The van der Waals surface area contributed by atoms with Gasteiger partial charge in [0.15, 0.2) is 11.5 Å². The molecule has 2 rings (SSSR count). The van der Waals surface area contributed by atoms with Crippen molar-refractivity contribution in [2.75, 3.05) is 6.61 Å². The van der Waals surface area contributed by atoms with Crippen LogP contribution in [0.15, 0.2) is 36.4 Å². The molecule has 6 heteroatoms. The SMILES string of the molecule is CCOc1cc(C=C(C(=O)O)c2ccc(Cl)c(Cl)c2)ccc1O. The van der Waals surface area contributed by atoms with Crippen LogP contribution in [0.1, 0.15) is 18.1 Å². The lowest BCUT2D eigenvalue weighted by molar-refractivity contribution is -0.130. The lowest BCUT2D eigenvalue weighted by Gasteiger charge is -2.08. The van der Waals surface area contributed by atoms with Crippen LogP contribution in [-0.2, 0) is 4.79 Å². The maximum absolute atomic E-state index is 11.6. The van der Waals surface area contributed by atoms with E-state index in [2.05, 4.69) is 0 Å². The number of carboxylic acid groups (broad SMARTS) is 1. The number of hydrogen-bond donors (Lipinski definition) is 2. The van der Waals surface area contributed by atoms with E-state index in [0.717, 1.165) is 0 Å². The van der Waals surface area contributed by atoms with Gasteiger partial charge in [-0.15, -0.1) is 0 Å². The Hall–Kier alpha value is -2.17. The average molecular weight is 353 g/mol. The van der Waals surface area contributed by atoms with Gasteiger partial charge in [-0.1, -0.05) is 35.3 Å². The highest BCUT2D eigenvalue weighted by molar-refractivity contribution is 6.42. The number of hydrogen-bond acceptors (Lipinski definition) is 3. The quantitative estimate of drug-likeness (QED) is 0.603. The van der Waals surface area contributed by atoms with Crippen LogP contribution in [0.4, 0.5) is 0 Å². The fourth-order valence-corrected chi connectivity index (χ4v) is 2.29. The summed E-state index contributed by atoms with van der Waals surface area (Å²) >= 11 is 11.8. The second kappa shape index (κ2) is 7.40. The maximum atomic E-state index is 11.6. The fraction of sp³-hybridized carbons (Fsp3) is 0.118. The summed E-state index contributed by atoms with van der Waals surface area (Å²) in [7, 11) is 0. The van der Waals surface area contributed by atoms with Crippen molar-refractivity contribution in [2.24, 2.45) is 0 Å². The van der Waals surface area contributed by atoms with Crippen molar-refractivity contribution < 1.29 is 19.7 Å². The maximum Gasteiger partial charge on any atom is 0.336 e. The van der Waals surface area contributed by atoms with Gasteiger partial charge in [-0.25, -0.2) is 4.79 Å². The normalized spacial score (nSPS) is 11.3. The number of benzene rings is 2. The fourth-order valence-electron chi connectivity index (χ4n) is 1.99. The molecule has 2 aromatic rings. The Balaban J connectivity index is 2.49. The molecule has 0 bridgehead atoms. The lowest BCUT2D eigenvalue weighted by Crippen LogP contribution is -2.00. The van der Waals surface area contributed by atoms with Crippen molar-refractivity contribution in [3.63, 3.8) is 0 Å². The molecule has 120 valence electrons. The first-order chi connectivity index (χ1) is 10.9. The molecule has 2 N–H and O–H groups in total. The van der Waals surface area contributed by atoms with Crippen LogP contribution < -0.4 is 4.74 Å². The Labute approximate surface area is 143 Å². The first kappa shape index (κ1) is 17.2. The molecule has 0 radical (unpaired) electrons. The third-order valence-corrected chi connectivity index (χ3v) is 3.79. The molecule has 0 spiro atoms. The molecule has 0 amide bonds. The first-order valence-corrected chi connectivity index (χ1v) is 7.54. The van der Waals surface area contributed by atoms with Crippen LogP contribution in [0.5, 0.6) is 11.5 Å². The monoisotopic (exact) mass is 352 g/mol. The highest BCUT2D eigenvalue weighted by atomic mass is 35.5. The number of phenols is 1. The van der Waals surface area contributed by atoms with Gasteiger partial charge in [0.25, 0.3) is 0 Å². The van der Waals surface area contributed by atoms with Crippen LogP contribution in [0.3, 0.4) is 0 Å². The molecule has 0 aliphatic heterocycles. The minimum atomic E-state index is -1.10. The summed E-state index contributed by atoms with van der Waals surface area (Å²) in [6.07, 6.45) is 1.48. The van der Waals surface area contributed by atoms with E-state index in [0.29, 0.717) is 28.5 Å². The van der Waals surface area contributed by atoms with E-state index >= 15 is 0 Å². The molecule has 0 saturated carbocycles. The van der Waals surface area contributed by atoms with Gasteiger partial charge in [-0.05, 0) is 48.4 Å². The summed E-state index contributed by atoms with van der Waals surface area (Å²) in [5.74, 6) is -0.815. The van der Waals surface area contributed by atoms with Gasteiger partial charge in [0.2, 0.25) is 0 Å². The van der Waals surface area contributed by atoms with Gasteiger partial charge in [0.1, 0.15) is 0 Å². The van der Waals surface area contributed by atoms with E-state index in [1.165, 1.54) is 18.2 Å². The molecule has 4 nitrogen and oxygen atoms in total. The Morgan fingerprint density at radius 2 is 1.91 bits per heavy atom. The van der Waals surface area contributed by atoms with Crippen LogP contribution in [-0.4, -0.2) is 22.8 Å². The summed E-state index contributed by atoms with van der Waals surface area (Å²) in [4.78, 5) is 11.6. The van der Waals surface area contributed by atoms with Crippen molar-refractivity contribution in [1.29, 1.82) is 0 Å². The predicted octanol–water partition coefficient (Wildman–Crippen LogP) is 4.72. The number of rotatable bonds is 5. The molecule has 0 saturated heterocycles. The molecule has 0 atom stereocenters. The lowest BCUT2D eigenvalue weighted by atomic mass is 10.0. The van der Waals surface area contributed by atoms with E-state index in [-0.39, 0.29) is 16.3 Å². The van der Waals surface area contributed by atoms with Crippen molar-refractivity contribution >= 4 is 40.8 Å². The minimum Gasteiger partial charge on any atom is -0.504 e. The van der Waals surface area contributed by atoms with Crippen molar-refractivity contribution in [3.05, 3.63) is 57.6 Å². The largest absolute Gasteiger partial charge is 0.504 e. The van der Waals surface area contributed by atoms with E-state index in [9.17, 15) is 15.0 Å². The summed E-state index contributed by atoms with van der Waals surface area (Å²) in [5.41, 5.74) is 1.06. The Morgan fingerprint density at radius 3 is 2.52 bits per heavy atom. The Morgan fingerprint density at radius 1 is 1.17 bits per heavy atom. The number of aromatic hydroxyl groups is 1. The molecule has 0 aliphatic rings. The average Bonchev–Trinajstić information content (AvgIpc) is 2.51. The van der Waals surface area contributed by atoms with Gasteiger partial charge in [-0.3, -0.25) is 0 Å². The van der Waals surface area contributed by atoms with Crippen molar-refractivity contribution in [1.82, 2.24) is 0 Å². The van der Waals surface area contributed by atoms with E-state index < -0.39 is 5.97 Å². The molecule has 2 aromatic carbocycles. The number of aliphatic carboxylic acids is 1. The smallest absolute Gasteiger partial charge is 0.336 e. The second-order valence-electron chi connectivity index (χ2n) is 4.65. The van der Waals surface area contributed by atoms with Gasteiger partial charge in [0, 0.05) is 0 Å². The third kappa shape index (κ3) is 4.18. The Bertz CT molecular complexity index is 769.